The van der Waals surface area contributed by atoms with Crippen LogP contribution in [0.1, 0.15) is 25.2 Å². The van der Waals surface area contributed by atoms with Crippen LogP contribution in [-0.4, -0.2) is 18.5 Å². The fourth-order valence-corrected chi connectivity index (χ4v) is 1.52. The minimum absolute atomic E-state index is 0.00620. The monoisotopic (exact) mass is 224 g/mol. The molecule has 1 unspecified atom stereocenters. The van der Waals surface area contributed by atoms with E-state index < -0.39 is 0 Å². The van der Waals surface area contributed by atoms with Crippen LogP contribution in [0, 0.1) is 12.8 Å². The van der Waals surface area contributed by atoms with E-state index in [1.54, 1.807) is 6.26 Å². The van der Waals surface area contributed by atoms with Crippen molar-refractivity contribution in [2.24, 2.45) is 11.7 Å². The van der Waals surface area contributed by atoms with Crippen LogP contribution in [0.5, 0.6) is 0 Å². The van der Waals surface area contributed by atoms with E-state index in [1.165, 1.54) is 0 Å². The van der Waals surface area contributed by atoms with Gasteiger partial charge in [0.15, 0.2) is 0 Å². The van der Waals surface area contributed by atoms with Crippen molar-refractivity contribution in [2.75, 3.05) is 6.54 Å². The first-order chi connectivity index (χ1) is 7.54. The summed E-state index contributed by atoms with van der Waals surface area (Å²) in [4.78, 5) is 11.8. The summed E-state index contributed by atoms with van der Waals surface area (Å²) in [5.41, 5.74) is 6.68. The van der Waals surface area contributed by atoms with E-state index in [2.05, 4.69) is 5.32 Å². The maximum atomic E-state index is 11.8. The summed E-state index contributed by atoms with van der Waals surface area (Å²) in [5, 5.41) is 2.87. The predicted molar refractivity (Wildman–Crippen MR) is 63.0 cm³/mol. The third kappa shape index (κ3) is 3.38. The van der Waals surface area contributed by atoms with Crippen molar-refractivity contribution < 1.29 is 9.21 Å². The van der Waals surface area contributed by atoms with Crippen LogP contribution < -0.4 is 11.1 Å². The van der Waals surface area contributed by atoms with Crippen LogP contribution >= 0.6 is 0 Å². The summed E-state index contributed by atoms with van der Waals surface area (Å²) >= 11 is 0. The molecular weight excluding hydrogens is 204 g/mol. The average Bonchev–Trinajstić information content (AvgIpc) is 2.59. The van der Waals surface area contributed by atoms with Crippen molar-refractivity contribution >= 4 is 5.91 Å². The highest BCUT2D eigenvalue weighted by molar-refractivity contribution is 5.79. The molecule has 0 bridgehead atoms. The molecule has 4 nitrogen and oxygen atoms in total. The van der Waals surface area contributed by atoms with Crippen LogP contribution in [0.15, 0.2) is 16.7 Å². The number of carbonyl (C=O) groups is 1. The highest BCUT2D eigenvalue weighted by atomic mass is 16.3. The van der Waals surface area contributed by atoms with Crippen molar-refractivity contribution in [3.05, 3.63) is 23.7 Å². The number of hydrogen-bond acceptors (Lipinski definition) is 3. The number of nitrogens with two attached hydrogens (primary N) is 1. The summed E-state index contributed by atoms with van der Waals surface area (Å²) in [6.07, 6.45) is 2.20. The molecule has 1 aromatic heterocycles. The van der Waals surface area contributed by atoms with Crippen LogP contribution in [0.25, 0.3) is 0 Å². The van der Waals surface area contributed by atoms with E-state index in [0.29, 0.717) is 13.0 Å². The van der Waals surface area contributed by atoms with Crippen molar-refractivity contribution in [3.63, 3.8) is 0 Å². The summed E-state index contributed by atoms with van der Waals surface area (Å²) in [6, 6.07) is 2.03. The number of furan rings is 1. The molecule has 0 aliphatic carbocycles. The fourth-order valence-electron chi connectivity index (χ4n) is 1.52. The molecule has 3 N–H and O–H groups in total. The van der Waals surface area contributed by atoms with Gasteiger partial charge in [0.2, 0.25) is 5.91 Å². The average molecular weight is 224 g/mol. The zero-order chi connectivity index (χ0) is 12.1. The quantitative estimate of drug-likeness (QED) is 0.790. The summed E-state index contributed by atoms with van der Waals surface area (Å²) in [5.74, 6) is 0.620. The van der Waals surface area contributed by atoms with Crippen LogP contribution in [0.4, 0.5) is 0 Å². The van der Waals surface area contributed by atoms with E-state index >= 15 is 0 Å². The number of hydrogen-bond donors (Lipinski definition) is 2. The fraction of sp³-hybridized carbons (Fsp3) is 0.583. The first-order valence-electron chi connectivity index (χ1n) is 5.58. The Bertz CT molecular complexity index is 345. The topological polar surface area (TPSA) is 68.3 Å². The van der Waals surface area contributed by atoms with Crippen LogP contribution in [-0.2, 0) is 11.2 Å². The van der Waals surface area contributed by atoms with Gasteiger partial charge in [0.05, 0.1) is 12.2 Å². The molecule has 1 rings (SSSR count). The van der Waals surface area contributed by atoms with E-state index in [0.717, 1.165) is 11.3 Å². The molecule has 4 heteroatoms. The first-order valence-corrected chi connectivity index (χ1v) is 5.58. The molecule has 1 amide bonds. The van der Waals surface area contributed by atoms with Gasteiger partial charge in [-0.25, -0.2) is 0 Å². The SMILES string of the molecule is Cc1ccoc1CC(CN)C(=O)NC(C)C. The third-order valence-corrected chi connectivity index (χ3v) is 2.49. The normalized spacial score (nSPS) is 12.8. The van der Waals surface area contributed by atoms with E-state index in [-0.39, 0.29) is 17.9 Å². The molecule has 0 aliphatic heterocycles. The molecule has 0 spiro atoms. The Kier molecular flexibility index (Phi) is 4.55. The summed E-state index contributed by atoms with van der Waals surface area (Å²) < 4.78 is 5.32. The minimum Gasteiger partial charge on any atom is -0.469 e. The molecule has 0 radical (unpaired) electrons. The van der Waals surface area contributed by atoms with E-state index in [4.69, 9.17) is 10.2 Å². The molecule has 1 aromatic rings. The molecule has 0 fully saturated rings. The van der Waals surface area contributed by atoms with Crippen molar-refractivity contribution in [3.8, 4) is 0 Å². The number of carbonyl (C=O) groups excluding carboxylic acids is 1. The number of nitrogens with one attached hydrogen (secondary N) is 1. The van der Waals surface area contributed by atoms with Gasteiger partial charge in [0.1, 0.15) is 5.76 Å². The minimum atomic E-state index is -0.216. The van der Waals surface area contributed by atoms with Gasteiger partial charge in [-0.2, -0.15) is 0 Å². The maximum absolute atomic E-state index is 11.8. The molecule has 0 saturated heterocycles. The van der Waals surface area contributed by atoms with Gasteiger partial charge in [0.25, 0.3) is 0 Å². The highest BCUT2D eigenvalue weighted by Gasteiger charge is 2.20. The molecule has 0 aromatic carbocycles. The smallest absolute Gasteiger partial charge is 0.225 e. The Labute approximate surface area is 96.2 Å². The molecule has 0 aliphatic rings. The molecule has 90 valence electrons. The summed E-state index contributed by atoms with van der Waals surface area (Å²) in [6.45, 7) is 6.17. The van der Waals surface area contributed by atoms with Crippen LogP contribution in [0.2, 0.25) is 0 Å². The van der Waals surface area contributed by atoms with Crippen molar-refractivity contribution in [1.29, 1.82) is 0 Å². The number of aryl methyl sites for hydroxylation is 1. The predicted octanol–water partition coefficient (Wildman–Crippen LogP) is 1.23. The lowest BCUT2D eigenvalue weighted by Crippen LogP contribution is -2.39. The Balaban J connectivity index is 2.62. The number of rotatable bonds is 5. The lowest BCUT2D eigenvalue weighted by molar-refractivity contribution is -0.125. The lowest BCUT2D eigenvalue weighted by Gasteiger charge is -2.16. The van der Waals surface area contributed by atoms with Gasteiger partial charge in [0, 0.05) is 19.0 Å². The lowest BCUT2D eigenvalue weighted by atomic mass is 10.0. The third-order valence-electron chi connectivity index (χ3n) is 2.49. The van der Waals surface area contributed by atoms with Gasteiger partial charge < -0.3 is 15.5 Å². The standard InChI is InChI=1S/C12H20N2O2/c1-8(2)14-12(15)10(7-13)6-11-9(3)4-5-16-11/h4-5,8,10H,6-7,13H2,1-3H3,(H,14,15). The van der Waals surface area contributed by atoms with Crippen molar-refractivity contribution in [2.45, 2.75) is 33.2 Å². The molecule has 1 atom stereocenters. The Morgan fingerprint density at radius 1 is 1.56 bits per heavy atom. The van der Waals surface area contributed by atoms with Crippen molar-refractivity contribution in [1.82, 2.24) is 5.32 Å². The molecule has 1 heterocycles. The summed E-state index contributed by atoms with van der Waals surface area (Å²) in [7, 11) is 0. The number of amides is 1. The van der Waals surface area contributed by atoms with Crippen LogP contribution in [0.3, 0.4) is 0 Å². The van der Waals surface area contributed by atoms with Gasteiger partial charge in [-0.15, -0.1) is 0 Å². The molecule has 16 heavy (non-hydrogen) atoms. The second kappa shape index (κ2) is 5.70. The van der Waals surface area contributed by atoms with Gasteiger partial charge in [-0.1, -0.05) is 0 Å². The largest absolute Gasteiger partial charge is 0.469 e. The molecular formula is C12H20N2O2. The Hall–Kier alpha value is -1.29. The highest BCUT2D eigenvalue weighted by Crippen LogP contribution is 2.14. The van der Waals surface area contributed by atoms with Gasteiger partial charge in [-0.3, -0.25) is 4.79 Å². The Morgan fingerprint density at radius 3 is 2.69 bits per heavy atom. The van der Waals surface area contributed by atoms with Gasteiger partial charge >= 0.3 is 0 Å². The van der Waals surface area contributed by atoms with E-state index in [9.17, 15) is 4.79 Å². The zero-order valence-electron chi connectivity index (χ0n) is 10.1. The van der Waals surface area contributed by atoms with Gasteiger partial charge in [-0.05, 0) is 32.4 Å². The molecule has 0 saturated carbocycles. The van der Waals surface area contributed by atoms with E-state index in [1.807, 2.05) is 26.8 Å². The maximum Gasteiger partial charge on any atom is 0.225 e. The second-order valence-electron chi connectivity index (χ2n) is 4.33. The first kappa shape index (κ1) is 12.8. The zero-order valence-corrected chi connectivity index (χ0v) is 10.1. The second-order valence-corrected chi connectivity index (χ2v) is 4.33. The Morgan fingerprint density at radius 2 is 2.25 bits per heavy atom.